The van der Waals surface area contributed by atoms with Crippen molar-refractivity contribution in [3.05, 3.63) is 57.8 Å². The molecular weight excluding hydrogens is 299 g/mol. The normalized spacial score (nSPS) is 10.4. The van der Waals surface area contributed by atoms with Crippen LogP contribution in [-0.4, -0.2) is 11.1 Å². The highest BCUT2D eigenvalue weighted by atomic mass is 79.9. The molecular formula is C14H10BrFO2. The molecule has 2 nitrogen and oxygen atoms in total. The minimum absolute atomic E-state index is 0.104. The van der Waals surface area contributed by atoms with E-state index in [9.17, 15) is 14.3 Å². The van der Waals surface area contributed by atoms with E-state index in [-0.39, 0.29) is 11.1 Å². The van der Waals surface area contributed by atoms with E-state index in [4.69, 9.17) is 0 Å². The van der Waals surface area contributed by atoms with E-state index in [2.05, 4.69) is 15.9 Å². The van der Waals surface area contributed by atoms with Crippen LogP contribution in [0, 0.1) is 12.7 Å². The van der Waals surface area contributed by atoms with Gasteiger partial charge in [-0.15, -0.1) is 0 Å². The predicted molar refractivity (Wildman–Crippen MR) is 71.2 cm³/mol. The maximum Gasteiger partial charge on any atom is 0.336 e. The lowest BCUT2D eigenvalue weighted by Gasteiger charge is -2.09. The van der Waals surface area contributed by atoms with Crippen LogP contribution < -0.4 is 0 Å². The van der Waals surface area contributed by atoms with Gasteiger partial charge in [-0.25, -0.2) is 9.18 Å². The number of rotatable bonds is 2. The van der Waals surface area contributed by atoms with E-state index in [1.165, 1.54) is 12.1 Å². The van der Waals surface area contributed by atoms with E-state index in [1.54, 1.807) is 31.2 Å². The van der Waals surface area contributed by atoms with Crippen LogP contribution in [0.1, 0.15) is 15.9 Å². The van der Waals surface area contributed by atoms with Gasteiger partial charge < -0.3 is 5.11 Å². The molecule has 0 fully saturated rings. The Labute approximate surface area is 112 Å². The Morgan fingerprint density at radius 3 is 2.56 bits per heavy atom. The number of halogens is 2. The third kappa shape index (κ3) is 2.43. The second kappa shape index (κ2) is 4.90. The largest absolute Gasteiger partial charge is 0.478 e. The molecule has 2 aromatic carbocycles. The first-order valence-corrected chi connectivity index (χ1v) is 6.07. The number of aromatic carboxylic acids is 1. The number of hydrogen-bond acceptors (Lipinski definition) is 1. The van der Waals surface area contributed by atoms with Gasteiger partial charge in [0.05, 0.1) is 5.56 Å². The SMILES string of the molecule is Cc1ccc(-c2cc(Br)ccc2F)c(C(=O)O)c1. The highest BCUT2D eigenvalue weighted by Crippen LogP contribution is 2.29. The second-order valence-electron chi connectivity index (χ2n) is 3.98. The minimum Gasteiger partial charge on any atom is -0.478 e. The van der Waals surface area contributed by atoms with Crippen LogP contribution in [0.5, 0.6) is 0 Å². The fourth-order valence-electron chi connectivity index (χ4n) is 1.77. The van der Waals surface area contributed by atoms with Crippen molar-refractivity contribution >= 4 is 21.9 Å². The molecule has 0 aliphatic rings. The summed E-state index contributed by atoms with van der Waals surface area (Å²) in [4.78, 5) is 11.2. The smallest absolute Gasteiger partial charge is 0.336 e. The van der Waals surface area contributed by atoms with Gasteiger partial charge in [-0.3, -0.25) is 0 Å². The first-order chi connectivity index (χ1) is 8.49. The van der Waals surface area contributed by atoms with Crippen molar-refractivity contribution in [3.63, 3.8) is 0 Å². The van der Waals surface area contributed by atoms with Gasteiger partial charge in [-0.1, -0.05) is 33.6 Å². The standard InChI is InChI=1S/C14H10BrFO2/c1-8-2-4-10(12(6-8)14(17)18)11-7-9(15)3-5-13(11)16/h2-7H,1H3,(H,17,18). The highest BCUT2D eigenvalue weighted by molar-refractivity contribution is 9.10. The molecule has 0 radical (unpaired) electrons. The summed E-state index contributed by atoms with van der Waals surface area (Å²) in [6.07, 6.45) is 0. The quantitative estimate of drug-likeness (QED) is 0.900. The Bertz CT molecular complexity index is 623. The van der Waals surface area contributed by atoms with Gasteiger partial charge in [0.25, 0.3) is 0 Å². The van der Waals surface area contributed by atoms with Crippen molar-refractivity contribution in [2.75, 3.05) is 0 Å². The van der Waals surface area contributed by atoms with Gasteiger partial charge in [0.1, 0.15) is 5.82 Å². The van der Waals surface area contributed by atoms with E-state index in [1.807, 2.05) is 0 Å². The summed E-state index contributed by atoms with van der Waals surface area (Å²) in [5.74, 6) is -1.50. The molecule has 0 saturated carbocycles. The number of carboxylic acids is 1. The topological polar surface area (TPSA) is 37.3 Å². The zero-order chi connectivity index (χ0) is 13.3. The average molecular weight is 309 g/mol. The van der Waals surface area contributed by atoms with Crippen LogP contribution in [0.25, 0.3) is 11.1 Å². The lowest BCUT2D eigenvalue weighted by Crippen LogP contribution is -2.01. The molecule has 1 N–H and O–H groups in total. The molecule has 0 aromatic heterocycles. The highest BCUT2D eigenvalue weighted by Gasteiger charge is 2.15. The van der Waals surface area contributed by atoms with Gasteiger partial charge in [-0.2, -0.15) is 0 Å². The van der Waals surface area contributed by atoms with Crippen molar-refractivity contribution in [1.82, 2.24) is 0 Å². The molecule has 2 aromatic rings. The fourth-order valence-corrected chi connectivity index (χ4v) is 2.13. The molecule has 0 aliphatic carbocycles. The number of hydrogen-bond donors (Lipinski definition) is 1. The minimum atomic E-state index is -1.06. The summed E-state index contributed by atoms with van der Waals surface area (Å²) in [5, 5.41) is 9.18. The average Bonchev–Trinajstić information content (AvgIpc) is 2.32. The molecule has 4 heteroatoms. The first-order valence-electron chi connectivity index (χ1n) is 5.28. The molecule has 0 spiro atoms. The second-order valence-corrected chi connectivity index (χ2v) is 4.89. The van der Waals surface area contributed by atoms with E-state index in [0.717, 1.165) is 5.56 Å². The van der Waals surface area contributed by atoms with Crippen LogP contribution in [0.2, 0.25) is 0 Å². The molecule has 0 aliphatic heterocycles. The molecule has 2 rings (SSSR count). The van der Waals surface area contributed by atoms with Crippen molar-refractivity contribution in [1.29, 1.82) is 0 Å². The van der Waals surface area contributed by atoms with Gasteiger partial charge >= 0.3 is 5.97 Å². The van der Waals surface area contributed by atoms with Crippen molar-refractivity contribution in [3.8, 4) is 11.1 Å². The number of carbonyl (C=O) groups is 1. The van der Waals surface area contributed by atoms with Gasteiger partial charge in [0.2, 0.25) is 0 Å². The van der Waals surface area contributed by atoms with Crippen LogP contribution in [0.4, 0.5) is 4.39 Å². The monoisotopic (exact) mass is 308 g/mol. The van der Waals surface area contributed by atoms with Crippen LogP contribution >= 0.6 is 15.9 Å². The zero-order valence-corrected chi connectivity index (χ0v) is 11.2. The number of aryl methyl sites for hydroxylation is 1. The lowest BCUT2D eigenvalue weighted by molar-refractivity contribution is 0.0697. The van der Waals surface area contributed by atoms with Crippen LogP contribution in [0.3, 0.4) is 0 Å². The summed E-state index contributed by atoms with van der Waals surface area (Å²) < 4.78 is 14.5. The van der Waals surface area contributed by atoms with Gasteiger partial charge in [0.15, 0.2) is 0 Å². The summed E-state index contributed by atoms with van der Waals surface area (Å²) in [6.45, 7) is 1.80. The van der Waals surface area contributed by atoms with E-state index >= 15 is 0 Å². The maximum atomic E-state index is 13.8. The van der Waals surface area contributed by atoms with Crippen LogP contribution in [0.15, 0.2) is 40.9 Å². The Hall–Kier alpha value is -1.68. The Morgan fingerprint density at radius 1 is 1.17 bits per heavy atom. The van der Waals surface area contributed by atoms with E-state index in [0.29, 0.717) is 10.0 Å². The molecule has 0 amide bonds. The lowest BCUT2D eigenvalue weighted by atomic mass is 9.97. The molecule has 0 bridgehead atoms. The van der Waals surface area contributed by atoms with Crippen LogP contribution in [-0.2, 0) is 0 Å². The third-order valence-electron chi connectivity index (χ3n) is 2.62. The summed E-state index contributed by atoms with van der Waals surface area (Å²) >= 11 is 3.26. The molecule has 0 heterocycles. The van der Waals surface area contributed by atoms with Crippen molar-refractivity contribution < 1.29 is 14.3 Å². The summed E-state index contributed by atoms with van der Waals surface area (Å²) in [7, 11) is 0. The van der Waals surface area contributed by atoms with Crippen molar-refractivity contribution in [2.45, 2.75) is 6.92 Å². The number of benzene rings is 2. The Kier molecular flexibility index (Phi) is 3.48. The molecule has 0 atom stereocenters. The first kappa shape index (κ1) is 12.8. The summed E-state index contributed by atoms with van der Waals surface area (Å²) in [5.41, 5.74) is 1.59. The number of carboxylic acid groups (broad SMARTS) is 1. The summed E-state index contributed by atoms with van der Waals surface area (Å²) in [6, 6.07) is 9.40. The van der Waals surface area contributed by atoms with Gasteiger partial charge in [0, 0.05) is 10.0 Å². The molecule has 0 unspecified atom stereocenters. The third-order valence-corrected chi connectivity index (χ3v) is 3.12. The van der Waals surface area contributed by atoms with Crippen molar-refractivity contribution in [2.24, 2.45) is 0 Å². The van der Waals surface area contributed by atoms with E-state index < -0.39 is 11.8 Å². The molecule has 92 valence electrons. The molecule has 0 saturated heterocycles. The Morgan fingerprint density at radius 2 is 1.89 bits per heavy atom. The zero-order valence-electron chi connectivity index (χ0n) is 9.58. The Balaban J connectivity index is 2.70. The van der Waals surface area contributed by atoms with Gasteiger partial charge in [-0.05, 0) is 36.8 Å². The fraction of sp³-hybridized carbons (Fsp3) is 0.0714. The molecule has 18 heavy (non-hydrogen) atoms. The maximum absolute atomic E-state index is 13.8. The predicted octanol–water partition coefficient (Wildman–Crippen LogP) is 4.26.